The number of halogens is 1. The lowest BCUT2D eigenvalue weighted by molar-refractivity contribution is -0.149. The number of carbonyl (C=O) groups excluding carboxylic acids is 1. The third-order valence-corrected chi connectivity index (χ3v) is 5.12. The molecule has 1 fully saturated rings. The Labute approximate surface area is 126 Å². The molecule has 106 valence electrons. The number of rotatable bonds is 5. The first-order valence-corrected chi connectivity index (χ1v) is 8.49. The van der Waals surface area contributed by atoms with Crippen LogP contribution in [0.4, 0.5) is 0 Å². The monoisotopic (exact) mass is 345 g/mol. The first-order chi connectivity index (χ1) is 9.19. The average molecular weight is 346 g/mol. The van der Waals surface area contributed by atoms with E-state index in [9.17, 15) is 4.79 Å². The molecule has 0 spiro atoms. The standard InChI is InChI=1S/C14H20BrNO2S/c1-2-18-14(17)11-3-5-12(6-4-11)16-8-10-7-13(15)19-9-10/h7,9,11-12,16H,2-6,8H2,1H3. The van der Waals surface area contributed by atoms with Crippen molar-refractivity contribution in [1.29, 1.82) is 0 Å². The van der Waals surface area contributed by atoms with E-state index in [0.717, 1.165) is 32.2 Å². The largest absolute Gasteiger partial charge is 0.466 e. The van der Waals surface area contributed by atoms with Gasteiger partial charge in [-0.3, -0.25) is 4.79 Å². The van der Waals surface area contributed by atoms with Crippen LogP contribution >= 0.6 is 27.3 Å². The van der Waals surface area contributed by atoms with Crippen LogP contribution in [0.1, 0.15) is 38.2 Å². The molecule has 0 aromatic carbocycles. The second kappa shape index (κ2) is 7.41. The van der Waals surface area contributed by atoms with E-state index in [2.05, 4.69) is 32.7 Å². The van der Waals surface area contributed by atoms with Gasteiger partial charge in [-0.25, -0.2) is 0 Å². The highest BCUT2D eigenvalue weighted by Crippen LogP contribution is 2.26. The zero-order valence-corrected chi connectivity index (χ0v) is 13.6. The first-order valence-electron chi connectivity index (χ1n) is 6.82. The first kappa shape index (κ1) is 15.0. The topological polar surface area (TPSA) is 38.3 Å². The number of esters is 1. The molecule has 1 aliphatic rings. The van der Waals surface area contributed by atoms with Crippen molar-refractivity contribution in [3.8, 4) is 0 Å². The zero-order chi connectivity index (χ0) is 13.7. The molecule has 2 rings (SSSR count). The van der Waals surface area contributed by atoms with Gasteiger partial charge < -0.3 is 10.1 Å². The Morgan fingerprint density at radius 2 is 2.21 bits per heavy atom. The molecule has 0 unspecified atom stereocenters. The van der Waals surface area contributed by atoms with Crippen molar-refractivity contribution in [3.05, 3.63) is 20.8 Å². The SMILES string of the molecule is CCOC(=O)C1CCC(NCc2csc(Br)c2)CC1. The smallest absolute Gasteiger partial charge is 0.308 e. The molecule has 1 saturated carbocycles. The summed E-state index contributed by atoms with van der Waals surface area (Å²) in [5.41, 5.74) is 1.32. The fourth-order valence-corrected chi connectivity index (χ4v) is 3.70. The summed E-state index contributed by atoms with van der Waals surface area (Å²) in [7, 11) is 0. The maximum atomic E-state index is 11.6. The minimum absolute atomic E-state index is 0.0114. The molecule has 1 N–H and O–H groups in total. The summed E-state index contributed by atoms with van der Waals surface area (Å²) in [5, 5.41) is 5.74. The summed E-state index contributed by atoms with van der Waals surface area (Å²) in [6, 6.07) is 2.69. The molecule has 19 heavy (non-hydrogen) atoms. The van der Waals surface area contributed by atoms with Crippen LogP contribution in [0.2, 0.25) is 0 Å². The Morgan fingerprint density at radius 3 is 2.79 bits per heavy atom. The molecule has 0 aliphatic heterocycles. The summed E-state index contributed by atoms with van der Waals surface area (Å²) in [6.07, 6.45) is 4.03. The lowest BCUT2D eigenvalue weighted by Gasteiger charge is -2.27. The van der Waals surface area contributed by atoms with Crippen LogP contribution < -0.4 is 5.32 Å². The molecule has 3 nitrogen and oxygen atoms in total. The summed E-state index contributed by atoms with van der Waals surface area (Å²) in [6.45, 7) is 3.27. The number of hydrogen-bond donors (Lipinski definition) is 1. The quantitative estimate of drug-likeness (QED) is 0.826. The fraction of sp³-hybridized carbons (Fsp3) is 0.643. The third kappa shape index (κ3) is 4.58. The van der Waals surface area contributed by atoms with Crippen LogP contribution in [0.25, 0.3) is 0 Å². The van der Waals surface area contributed by atoms with Crippen molar-refractivity contribution in [2.75, 3.05) is 6.61 Å². The van der Waals surface area contributed by atoms with Crippen LogP contribution in [0.3, 0.4) is 0 Å². The van der Waals surface area contributed by atoms with Crippen molar-refractivity contribution in [2.24, 2.45) is 5.92 Å². The molecule has 1 aliphatic carbocycles. The molecule has 1 heterocycles. The van der Waals surface area contributed by atoms with Crippen LogP contribution in [0.5, 0.6) is 0 Å². The van der Waals surface area contributed by atoms with Crippen molar-refractivity contribution >= 4 is 33.2 Å². The number of hydrogen-bond acceptors (Lipinski definition) is 4. The summed E-state index contributed by atoms with van der Waals surface area (Å²) < 4.78 is 6.26. The fourth-order valence-electron chi connectivity index (χ4n) is 2.49. The molecule has 0 amide bonds. The second-order valence-electron chi connectivity index (χ2n) is 4.94. The van der Waals surface area contributed by atoms with Gasteiger partial charge in [-0.1, -0.05) is 0 Å². The van der Waals surface area contributed by atoms with E-state index < -0.39 is 0 Å². The van der Waals surface area contributed by atoms with E-state index in [1.54, 1.807) is 11.3 Å². The van der Waals surface area contributed by atoms with E-state index >= 15 is 0 Å². The lowest BCUT2D eigenvalue weighted by atomic mass is 9.86. The number of thiophene rings is 1. The number of carbonyl (C=O) groups is 1. The molecule has 1 aromatic heterocycles. The van der Waals surface area contributed by atoms with Gasteiger partial charge in [0.25, 0.3) is 0 Å². The Hall–Kier alpha value is -0.390. The van der Waals surface area contributed by atoms with Crippen molar-refractivity contribution in [2.45, 2.75) is 45.2 Å². The van der Waals surface area contributed by atoms with E-state index in [1.165, 1.54) is 9.35 Å². The predicted molar refractivity (Wildman–Crippen MR) is 81.2 cm³/mol. The van der Waals surface area contributed by atoms with Crippen LogP contribution in [0.15, 0.2) is 15.2 Å². The maximum Gasteiger partial charge on any atom is 0.308 e. The van der Waals surface area contributed by atoms with Crippen LogP contribution in [-0.4, -0.2) is 18.6 Å². The van der Waals surface area contributed by atoms with Gasteiger partial charge in [-0.2, -0.15) is 0 Å². The summed E-state index contributed by atoms with van der Waals surface area (Å²) in [4.78, 5) is 11.6. The Bertz CT molecular complexity index is 413. The molecule has 0 saturated heterocycles. The van der Waals surface area contributed by atoms with E-state index in [1.807, 2.05) is 6.92 Å². The highest BCUT2D eigenvalue weighted by Gasteiger charge is 2.26. The van der Waals surface area contributed by atoms with Gasteiger partial charge in [0.15, 0.2) is 0 Å². The summed E-state index contributed by atoms with van der Waals surface area (Å²) >= 11 is 5.19. The molecule has 0 radical (unpaired) electrons. The Morgan fingerprint density at radius 1 is 1.47 bits per heavy atom. The zero-order valence-electron chi connectivity index (χ0n) is 11.2. The number of ether oxygens (including phenoxy) is 1. The third-order valence-electron chi connectivity index (χ3n) is 3.56. The van der Waals surface area contributed by atoms with Crippen molar-refractivity contribution < 1.29 is 9.53 Å². The minimum atomic E-state index is -0.0114. The van der Waals surface area contributed by atoms with Gasteiger partial charge in [0.2, 0.25) is 0 Å². The van der Waals surface area contributed by atoms with Crippen molar-refractivity contribution in [3.63, 3.8) is 0 Å². The van der Waals surface area contributed by atoms with Crippen molar-refractivity contribution in [1.82, 2.24) is 5.32 Å². The van der Waals surface area contributed by atoms with Gasteiger partial charge in [-0.15, -0.1) is 11.3 Å². The normalized spacial score (nSPS) is 23.3. The molecule has 0 bridgehead atoms. The molecular formula is C14H20BrNO2S. The predicted octanol–water partition coefficient (Wildman–Crippen LogP) is 3.72. The van der Waals surface area contributed by atoms with Gasteiger partial charge >= 0.3 is 5.97 Å². The Balaban J connectivity index is 1.70. The summed E-state index contributed by atoms with van der Waals surface area (Å²) in [5.74, 6) is 0.107. The lowest BCUT2D eigenvalue weighted by Crippen LogP contribution is -2.35. The van der Waals surface area contributed by atoms with E-state index in [0.29, 0.717) is 12.6 Å². The van der Waals surface area contributed by atoms with Gasteiger partial charge in [0.1, 0.15) is 0 Å². The highest BCUT2D eigenvalue weighted by molar-refractivity contribution is 9.11. The molecule has 1 aromatic rings. The second-order valence-corrected chi connectivity index (χ2v) is 7.23. The molecule has 0 atom stereocenters. The minimum Gasteiger partial charge on any atom is -0.466 e. The highest BCUT2D eigenvalue weighted by atomic mass is 79.9. The van der Waals surface area contributed by atoms with Gasteiger partial charge in [-0.05, 0) is 65.5 Å². The molecule has 5 heteroatoms. The van der Waals surface area contributed by atoms with Crippen LogP contribution in [0, 0.1) is 5.92 Å². The maximum absolute atomic E-state index is 11.6. The average Bonchev–Trinajstić information content (AvgIpc) is 2.83. The molecular weight excluding hydrogens is 326 g/mol. The Kier molecular flexibility index (Phi) is 5.85. The van der Waals surface area contributed by atoms with Gasteiger partial charge in [0, 0.05) is 12.6 Å². The van der Waals surface area contributed by atoms with Crippen LogP contribution in [-0.2, 0) is 16.1 Å². The van der Waals surface area contributed by atoms with E-state index in [-0.39, 0.29) is 11.9 Å². The number of nitrogens with one attached hydrogen (secondary N) is 1. The van der Waals surface area contributed by atoms with E-state index in [4.69, 9.17) is 4.74 Å². The van der Waals surface area contributed by atoms with Gasteiger partial charge in [0.05, 0.1) is 16.3 Å².